The van der Waals surface area contributed by atoms with Crippen molar-refractivity contribution in [1.29, 1.82) is 10.5 Å². The van der Waals surface area contributed by atoms with Crippen LogP contribution in [0.15, 0.2) is 24.3 Å². The molecule has 0 aromatic heterocycles. The Morgan fingerprint density at radius 2 is 1.80 bits per heavy atom. The summed E-state index contributed by atoms with van der Waals surface area (Å²) < 4.78 is 0. The predicted molar refractivity (Wildman–Crippen MR) is 111 cm³/mol. The Kier molecular flexibility index (Phi) is 6.40. The normalized spacial score (nSPS) is 22.6. The van der Waals surface area contributed by atoms with E-state index in [-0.39, 0.29) is 29.9 Å². The zero-order valence-corrected chi connectivity index (χ0v) is 17.1. The first-order valence-electron chi connectivity index (χ1n) is 10.1. The maximum absolute atomic E-state index is 12.7. The van der Waals surface area contributed by atoms with E-state index in [0.717, 1.165) is 0 Å². The average Bonchev–Trinajstić information content (AvgIpc) is 3.21. The summed E-state index contributed by atoms with van der Waals surface area (Å²) in [7, 11) is 0. The van der Waals surface area contributed by atoms with E-state index in [1.807, 2.05) is 13.0 Å². The second-order valence-corrected chi connectivity index (χ2v) is 8.10. The van der Waals surface area contributed by atoms with Crippen LogP contribution in [0.1, 0.15) is 48.5 Å². The minimum atomic E-state index is -0.458. The van der Waals surface area contributed by atoms with Crippen molar-refractivity contribution in [1.82, 2.24) is 15.1 Å². The largest absolute Gasteiger partial charge is 0.339 e. The molecule has 2 saturated heterocycles. The molecule has 1 aromatic rings. The summed E-state index contributed by atoms with van der Waals surface area (Å²) >= 11 is 0. The van der Waals surface area contributed by atoms with Gasteiger partial charge in [-0.25, -0.2) is 0 Å². The lowest BCUT2D eigenvalue weighted by Gasteiger charge is -2.40. The quantitative estimate of drug-likeness (QED) is 0.771. The fourth-order valence-electron chi connectivity index (χ4n) is 4.08. The Bertz CT molecular complexity index is 904. The Hall–Kier alpha value is -3.34. The van der Waals surface area contributed by atoms with Gasteiger partial charge in [-0.3, -0.25) is 9.59 Å². The van der Waals surface area contributed by atoms with E-state index < -0.39 is 6.04 Å². The van der Waals surface area contributed by atoms with Crippen LogP contribution in [0.25, 0.3) is 0 Å². The molecular weight excluding hydrogens is 378 g/mol. The van der Waals surface area contributed by atoms with Gasteiger partial charge in [0.05, 0.1) is 30.3 Å². The summed E-state index contributed by atoms with van der Waals surface area (Å²) in [6.07, 6.45) is 8.22. The lowest BCUT2D eigenvalue weighted by atomic mass is 9.89. The SMILES string of the molecule is C#CC1CCC(C#N)N1C(=O)CNC1(C)CCN(C(=O)c2ccc(C#N)cc2)CC1. The molecule has 0 spiro atoms. The zero-order chi connectivity index (χ0) is 21.7. The maximum atomic E-state index is 12.7. The molecule has 0 bridgehead atoms. The predicted octanol–water partition coefficient (Wildman–Crippen LogP) is 1.66. The van der Waals surface area contributed by atoms with Crippen LogP contribution in [0.2, 0.25) is 0 Å². The number of benzene rings is 1. The van der Waals surface area contributed by atoms with Crippen LogP contribution in [-0.2, 0) is 4.79 Å². The number of hydrogen-bond acceptors (Lipinski definition) is 5. The van der Waals surface area contributed by atoms with E-state index in [1.54, 1.807) is 29.2 Å². The van der Waals surface area contributed by atoms with Gasteiger partial charge < -0.3 is 15.1 Å². The van der Waals surface area contributed by atoms with E-state index >= 15 is 0 Å². The van der Waals surface area contributed by atoms with Crippen LogP contribution < -0.4 is 5.32 Å². The van der Waals surface area contributed by atoms with E-state index in [2.05, 4.69) is 17.3 Å². The average molecular weight is 403 g/mol. The van der Waals surface area contributed by atoms with Gasteiger partial charge in [0.15, 0.2) is 0 Å². The number of piperidine rings is 1. The van der Waals surface area contributed by atoms with Gasteiger partial charge in [-0.05, 0) is 56.9 Å². The van der Waals surface area contributed by atoms with Crippen molar-refractivity contribution < 1.29 is 9.59 Å². The molecule has 2 heterocycles. The van der Waals surface area contributed by atoms with Crippen LogP contribution in [0.4, 0.5) is 0 Å². The van der Waals surface area contributed by atoms with Crippen LogP contribution in [0, 0.1) is 35.0 Å². The van der Waals surface area contributed by atoms with Gasteiger partial charge in [-0.15, -0.1) is 6.42 Å². The Morgan fingerprint density at radius 3 is 2.37 bits per heavy atom. The zero-order valence-electron chi connectivity index (χ0n) is 17.1. The van der Waals surface area contributed by atoms with E-state index in [9.17, 15) is 14.9 Å². The van der Waals surface area contributed by atoms with Gasteiger partial charge >= 0.3 is 0 Å². The van der Waals surface area contributed by atoms with Crippen molar-refractivity contribution in [3.8, 4) is 24.5 Å². The number of amides is 2. The third-order valence-electron chi connectivity index (χ3n) is 6.10. The van der Waals surface area contributed by atoms with Crippen molar-refractivity contribution in [2.24, 2.45) is 0 Å². The van der Waals surface area contributed by atoms with Crippen LogP contribution >= 0.6 is 0 Å². The van der Waals surface area contributed by atoms with Crippen molar-refractivity contribution in [3.05, 3.63) is 35.4 Å². The van der Waals surface area contributed by atoms with Gasteiger partial charge in [0.2, 0.25) is 5.91 Å². The number of likely N-dealkylation sites (tertiary alicyclic amines) is 2. The van der Waals surface area contributed by atoms with E-state index in [1.165, 1.54) is 4.90 Å². The molecule has 2 fully saturated rings. The van der Waals surface area contributed by atoms with Crippen LogP contribution in [0.5, 0.6) is 0 Å². The fourth-order valence-corrected chi connectivity index (χ4v) is 4.08. The molecule has 0 aliphatic carbocycles. The molecule has 1 N–H and O–H groups in total. The molecule has 2 aliphatic rings. The molecule has 2 amide bonds. The highest BCUT2D eigenvalue weighted by Crippen LogP contribution is 2.25. The van der Waals surface area contributed by atoms with Gasteiger partial charge in [0.25, 0.3) is 5.91 Å². The van der Waals surface area contributed by atoms with Crippen molar-refractivity contribution >= 4 is 11.8 Å². The highest BCUT2D eigenvalue weighted by atomic mass is 16.2. The van der Waals surface area contributed by atoms with Gasteiger partial charge in [0.1, 0.15) is 6.04 Å². The Labute approximate surface area is 177 Å². The molecule has 0 saturated carbocycles. The lowest BCUT2D eigenvalue weighted by molar-refractivity contribution is -0.131. The number of nitriles is 2. The molecule has 2 atom stereocenters. The first-order valence-corrected chi connectivity index (χ1v) is 10.1. The highest BCUT2D eigenvalue weighted by Gasteiger charge is 2.37. The summed E-state index contributed by atoms with van der Waals surface area (Å²) in [6, 6.07) is 10.1. The van der Waals surface area contributed by atoms with E-state index in [4.69, 9.17) is 11.7 Å². The van der Waals surface area contributed by atoms with Gasteiger partial charge in [-0.2, -0.15) is 10.5 Å². The van der Waals surface area contributed by atoms with E-state index in [0.29, 0.717) is 49.9 Å². The second kappa shape index (κ2) is 8.99. The Balaban J connectivity index is 1.54. The molecule has 154 valence electrons. The monoisotopic (exact) mass is 403 g/mol. The summed E-state index contributed by atoms with van der Waals surface area (Å²) in [6.45, 7) is 3.33. The van der Waals surface area contributed by atoms with Crippen LogP contribution in [0.3, 0.4) is 0 Å². The van der Waals surface area contributed by atoms with Crippen molar-refractivity contribution in [2.45, 2.75) is 50.2 Å². The highest BCUT2D eigenvalue weighted by molar-refractivity contribution is 5.94. The third-order valence-corrected chi connectivity index (χ3v) is 6.10. The molecule has 2 unspecified atom stereocenters. The van der Waals surface area contributed by atoms with Crippen LogP contribution in [-0.4, -0.2) is 58.9 Å². The minimum absolute atomic E-state index is 0.0524. The molecule has 7 nitrogen and oxygen atoms in total. The number of carbonyl (C=O) groups excluding carboxylic acids is 2. The topological polar surface area (TPSA) is 100 Å². The fraction of sp³-hybridized carbons (Fsp3) is 0.478. The number of nitrogens with one attached hydrogen (secondary N) is 1. The standard InChI is InChI=1S/C23H25N5O2/c1-3-19-8-9-20(15-25)28(19)21(29)16-26-23(2)10-12-27(13-11-23)22(30)18-6-4-17(14-24)5-7-18/h1,4-7,19-20,26H,8-13,16H2,2H3. The first-order chi connectivity index (χ1) is 14.4. The molecular formula is C23H25N5O2. The Morgan fingerprint density at radius 1 is 1.17 bits per heavy atom. The minimum Gasteiger partial charge on any atom is -0.339 e. The molecule has 0 radical (unpaired) electrons. The summed E-state index contributed by atoms with van der Waals surface area (Å²) in [5, 5.41) is 21.5. The molecule has 7 heteroatoms. The number of hydrogen-bond donors (Lipinski definition) is 1. The number of carbonyl (C=O) groups is 2. The second-order valence-electron chi connectivity index (χ2n) is 8.10. The number of terminal acetylenes is 1. The molecule has 3 rings (SSSR count). The third kappa shape index (κ3) is 4.46. The van der Waals surface area contributed by atoms with Crippen molar-refractivity contribution in [2.75, 3.05) is 19.6 Å². The molecule has 2 aliphatic heterocycles. The number of rotatable bonds is 4. The lowest BCUT2D eigenvalue weighted by Crippen LogP contribution is -2.55. The summed E-state index contributed by atoms with van der Waals surface area (Å²) in [5.74, 6) is 2.41. The van der Waals surface area contributed by atoms with Crippen molar-refractivity contribution in [3.63, 3.8) is 0 Å². The van der Waals surface area contributed by atoms with Gasteiger partial charge in [0, 0.05) is 24.2 Å². The molecule has 1 aromatic carbocycles. The summed E-state index contributed by atoms with van der Waals surface area (Å²) in [4.78, 5) is 28.7. The van der Waals surface area contributed by atoms with Gasteiger partial charge in [-0.1, -0.05) is 5.92 Å². The first kappa shape index (κ1) is 21.4. The smallest absolute Gasteiger partial charge is 0.253 e. The number of nitrogens with zero attached hydrogens (tertiary/aromatic N) is 4. The molecule has 30 heavy (non-hydrogen) atoms. The summed E-state index contributed by atoms with van der Waals surface area (Å²) in [5.41, 5.74) is 0.818. The maximum Gasteiger partial charge on any atom is 0.253 e.